The number of likely N-dealkylation sites (tertiary alicyclic amines) is 1. The van der Waals surface area contributed by atoms with E-state index in [9.17, 15) is 9.59 Å². The zero-order valence-corrected chi connectivity index (χ0v) is 21.9. The van der Waals surface area contributed by atoms with E-state index in [1.165, 1.54) is 4.90 Å². The number of hydrogen-bond donors (Lipinski definition) is 2. The smallest absolute Gasteiger partial charge is 0.429 e. The Hall–Kier alpha value is -2.98. The lowest BCUT2D eigenvalue weighted by Crippen LogP contribution is -2.80. The van der Waals surface area contributed by atoms with Crippen molar-refractivity contribution >= 4 is 12.1 Å². The van der Waals surface area contributed by atoms with Crippen molar-refractivity contribution in [3.05, 3.63) is 71.8 Å². The minimum Gasteiger partial charge on any atom is -0.459 e. The molecule has 9 nitrogen and oxygen atoms in total. The van der Waals surface area contributed by atoms with Crippen LogP contribution in [0.4, 0.5) is 4.79 Å². The normalized spacial score (nSPS) is 17.0. The molecule has 0 aliphatic carbocycles. The molecular weight excluding hydrogens is 472 g/mol. The van der Waals surface area contributed by atoms with Crippen molar-refractivity contribution in [3.8, 4) is 0 Å². The summed E-state index contributed by atoms with van der Waals surface area (Å²) in [6.45, 7) is 3.61. The molecular formula is C28H40N4O5. The van der Waals surface area contributed by atoms with Crippen molar-refractivity contribution in [1.29, 1.82) is 0 Å². The lowest BCUT2D eigenvalue weighted by Gasteiger charge is -2.55. The van der Waals surface area contributed by atoms with E-state index in [-0.39, 0.29) is 26.2 Å². The van der Waals surface area contributed by atoms with Gasteiger partial charge in [0, 0.05) is 20.1 Å². The lowest BCUT2D eigenvalue weighted by molar-refractivity contribution is -0.179. The van der Waals surface area contributed by atoms with Gasteiger partial charge >= 0.3 is 12.1 Å². The third-order valence-electron chi connectivity index (χ3n) is 7.19. The van der Waals surface area contributed by atoms with Gasteiger partial charge in [0.25, 0.3) is 0 Å². The fourth-order valence-electron chi connectivity index (χ4n) is 5.09. The van der Waals surface area contributed by atoms with Gasteiger partial charge < -0.3 is 20.0 Å². The summed E-state index contributed by atoms with van der Waals surface area (Å²) < 4.78 is 12.1. The molecule has 0 radical (unpaired) electrons. The summed E-state index contributed by atoms with van der Waals surface area (Å²) in [5.41, 5.74) is 5.93. The van der Waals surface area contributed by atoms with Gasteiger partial charge in [-0.2, -0.15) is 5.90 Å². The number of benzene rings is 2. The van der Waals surface area contributed by atoms with Gasteiger partial charge in [0.1, 0.15) is 6.61 Å². The minimum atomic E-state index is -1.62. The summed E-state index contributed by atoms with van der Waals surface area (Å²) in [5.74, 6) is 4.73. The Bertz CT molecular complexity index is 987. The average Bonchev–Trinajstić information content (AvgIpc) is 3.48. The minimum absolute atomic E-state index is 0.0336. The molecule has 2 unspecified atom stereocenters. The number of carbonyl (C=O) groups is 2. The van der Waals surface area contributed by atoms with E-state index < -0.39 is 23.3 Å². The average molecular weight is 513 g/mol. The first-order valence-electron chi connectivity index (χ1n) is 12.9. The molecule has 1 aliphatic rings. The molecule has 0 saturated carbocycles. The highest BCUT2D eigenvalue weighted by Crippen LogP contribution is 2.39. The maximum absolute atomic E-state index is 14.0. The van der Waals surface area contributed by atoms with Crippen LogP contribution in [0.1, 0.15) is 50.2 Å². The van der Waals surface area contributed by atoms with Crippen molar-refractivity contribution in [1.82, 2.24) is 9.80 Å². The van der Waals surface area contributed by atoms with E-state index in [0.717, 1.165) is 30.4 Å². The summed E-state index contributed by atoms with van der Waals surface area (Å²) >= 11 is 0. The molecule has 9 heteroatoms. The molecule has 0 spiro atoms. The number of carbonyl (C=O) groups excluding carboxylic acids is 2. The third kappa shape index (κ3) is 6.48. The van der Waals surface area contributed by atoms with E-state index in [1.54, 1.807) is 7.05 Å². The van der Waals surface area contributed by atoms with E-state index in [2.05, 4.69) is 4.84 Å². The zero-order valence-electron chi connectivity index (χ0n) is 21.9. The van der Waals surface area contributed by atoms with Crippen molar-refractivity contribution < 1.29 is 23.9 Å². The van der Waals surface area contributed by atoms with Gasteiger partial charge in [-0.05, 0) is 30.4 Å². The Morgan fingerprint density at radius 2 is 1.54 bits per heavy atom. The van der Waals surface area contributed by atoms with Gasteiger partial charge in [0.2, 0.25) is 0 Å². The van der Waals surface area contributed by atoms with Crippen LogP contribution >= 0.6 is 0 Å². The van der Waals surface area contributed by atoms with Crippen molar-refractivity contribution in [2.24, 2.45) is 11.6 Å². The first-order chi connectivity index (χ1) is 17.9. The SMILES string of the molecule is CCCCC(N)(C(=O)OCc1ccccc1)C(COCc1ccccc1)(N1CCCC1)N(C)C(=O)ON. The zero-order chi connectivity index (χ0) is 26.7. The van der Waals surface area contributed by atoms with Gasteiger partial charge in [-0.1, -0.05) is 80.4 Å². The Labute approximate surface area is 219 Å². The summed E-state index contributed by atoms with van der Waals surface area (Å²) in [6.07, 6.45) is 2.72. The van der Waals surface area contributed by atoms with Crippen LogP contribution in [0.25, 0.3) is 0 Å². The monoisotopic (exact) mass is 512 g/mol. The van der Waals surface area contributed by atoms with Crippen molar-refractivity contribution in [2.75, 3.05) is 26.7 Å². The fourth-order valence-corrected chi connectivity index (χ4v) is 5.09. The van der Waals surface area contributed by atoms with Crippen LogP contribution in [-0.4, -0.2) is 59.8 Å². The lowest BCUT2D eigenvalue weighted by atomic mass is 9.78. The number of nitrogens with zero attached hydrogens (tertiary/aromatic N) is 2. The summed E-state index contributed by atoms with van der Waals surface area (Å²) in [6, 6.07) is 19.1. The second-order valence-electron chi connectivity index (χ2n) is 9.57. The van der Waals surface area contributed by atoms with E-state index in [1.807, 2.05) is 72.5 Å². The van der Waals surface area contributed by atoms with Crippen LogP contribution < -0.4 is 11.6 Å². The number of likely N-dealkylation sites (N-methyl/N-ethyl adjacent to an activating group) is 1. The molecule has 3 rings (SSSR count). The Balaban J connectivity index is 2.02. The number of amides is 1. The maximum Gasteiger partial charge on any atom is 0.429 e. The Morgan fingerprint density at radius 3 is 2.08 bits per heavy atom. The van der Waals surface area contributed by atoms with Gasteiger partial charge in [0.05, 0.1) is 13.2 Å². The van der Waals surface area contributed by atoms with Gasteiger partial charge in [0.15, 0.2) is 11.2 Å². The molecule has 2 aromatic rings. The number of hydrogen-bond acceptors (Lipinski definition) is 8. The molecule has 1 saturated heterocycles. The highest BCUT2D eigenvalue weighted by Gasteiger charge is 2.62. The largest absolute Gasteiger partial charge is 0.459 e. The van der Waals surface area contributed by atoms with E-state index >= 15 is 0 Å². The number of rotatable bonds is 13. The van der Waals surface area contributed by atoms with Crippen LogP contribution in [0, 0.1) is 0 Å². The summed E-state index contributed by atoms with van der Waals surface area (Å²) in [7, 11) is 1.55. The molecule has 37 heavy (non-hydrogen) atoms. The van der Waals surface area contributed by atoms with Crippen LogP contribution in [0.3, 0.4) is 0 Å². The second-order valence-corrected chi connectivity index (χ2v) is 9.57. The molecule has 202 valence electrons. The molecule has 1 fully saturated rings. The molecule has 1 heterocycles. The van der Waals surface area contributed by atoms with Crippen molar-refractivity contribution in [3.63, 3.8) is 0 Å². The quantitative estimate of drug-likeness (QED) is 0.309. The van der Waals surface area contributed by atoms with Gasteiger partial charge in [-0.3, -0.25) is 9.80 Å². The fraction of sp³-hybridized carbons (Fsp3) is 0.500. The number of ether oxygens (including phenoxy) is 2. The van der Waals surface area contributed by atoms with Gasteiger partial charge in [-0.15, -0.1) is 0 Å². The number of esters is 1. The summed E-state index contributed by atoms with van der Waals surface area (Å²) in [5, 5.41) is 0. The molecule has 4 N–H and O–H groups in total. The number of unbranched alkanes of at least 4 members (excludes halogenated alkanes) is 1. The molecule has 2 aromatic carbocycles. The van der Waals surface area contributed by atoms with E-state index in [0.29, 0.717) is 19.5 Å². The first kappa shape index (κ1) is 28.6. The van der Waals surface area contributed by atoms with Crippen LogP contribution in [-0.2, 0) is 32.3 Å². The predicted octanol–water partition coefficient (Wildman–Crippen LogP) is 3.57. The highest BCUT2D eigenvalue weighted by atomic mass is 16.7. The maximum atomic E-state index is 14.0. The highest BCUT2D eigenvalue weighted by molar-refractivity contribution is 5.84. The van der Waals surface area contributed by atoms with E-state index in [4.69, 9.17) is 21.1 Å². The molecule has 0 bridgehead atoms. The van der Waals surface area contributed by atoms with Crippen molar-refractivity contribution in [2.45, 2.75) is 63.4 Å². The molecule has 1 amide bonds. The predicted molar refractivity (Wildman–Crippen MR) is 141 cm³/mol. The Kier molecular flexibility index (Phi) is 10.5. The molecule has 1 aliphatic heterocycles. The standard InChI is InChI=1S/C28H40N4O5/c1-3-4-17-27(29,25(33)36-21-24-15-9-6-10-16-24)28(31(2)26(34)37-30,32-18-11-12-19-32)22-35-20-23-13-7-5-8-14-23/h5-10,13-16H,3-4,11-12,17-22,29-30H2,1-2H3. The number of nitrogens with two attached hydrogens (primary N) is 2. The second kappa shape index (κ2) is 13.5. The van der Waals surface area contributed by atoms with Crippen LogP contribution in [0.5, 0.6) is 0 Å². The first-order valence-corrected chi connectivity index (χ1v) is 12.9. The summed E-state index contributed by atoms with van der Waals surface area (Å²) in [4.78, 5) is 34.9. The topological polar surface area (TPSA) is 120 Å². The Morgan fingerprint density at radius 1 is 0.973 bits per heavy atom. The van der Waals surface area contributed by atoms with Crippen LogP contribution in [0.2, 0.25) is 0 Å². The molecule has 0 aromatic heterocycles. The van der Waals surface area contributed by atoms with Crippen LogP contribution in [0.15, 0.2) is 60.7 Å². The van der Waals surface area contributed by atoms with Gasteiger partial charge in [-0.25, -0.2) is 9.59 Å². The third-order valence-corrected chi connectivity index (χ3v) is 7.19. The molecule has 2 atom stereocenters.